The van der Waals surface area contributed by atoms with E-state index in [1.807, 2.05) is 24.3 Å². The molecule has 21 heavy (non-hydrogen) atoms. The zero-order valence-corrected chi connectivity index (χ0v) is 12.6. The summed E-state index contributed by atoms with van der Waals surface area (Å²) in [6.45, 7) is 4.36. The van der Waals surface area contributed by atoms with Crippen LogP contribution in [0.2, 0.25) is 0 Å². The monoisotopic (exact) mass is 298 g/mol. The van der Waals surface area contributed by atoms with Crippen LogP contribution in [0.5, 0.6) is 0 Å². The molecule has 0 amide bonds. The lowest BCUT2D eigenvalue weighted by molar-refractivity contribution is 0.743. The van der Waals surface area contributed by atoms with Gasteiger partial charge in [0.2, 0.25) is 5.16 Å². The van der Waals surface area contributed by atoms with Crippen LogP contribution >= 0.6 is 11.8 Å². The van der Waals surface area contributed by atoms with Gasteiger partial charge < -0.3 is 4.98 Å². The van der Waals surface area contributed by atoms with Crippen molar-refractivity contribution in [3.8, 4) is 0 Å². The number of para-hydroxylation sites is 1. The van der Waals surface area contributed by atoms with E-state index in [2.05, 4.69) is 39.1 Å². The lowest BCUT2D eigenvalue weighted by atomic mass is 10.2. The Bertz CT molecular complexity index is 939. The van der Waals surface area contributed by atoms with Crippen molar-refractivity contribution in [2.45, 2.75) is 19.0 Å². The van der Waals surface area contributed by atoms with Crippen LogP contribution in [0.4, 0.5) is 0 Å². The number of thioether (sulfide) groups is 1. The number of aromatic amines is 1. The molecule has 0 aliphatic heterocycles. The van der Waals surface area contributed by atoms with E-state index in [1.54, 1.807) is 16.3 Å². The quantitative estimate of drug-likeness (QED) is 0.589. The zero-order valence-electron chi connectivity index (χ0n) is 11.7. The molecular weight excluding hydrogens is 284 g/mol. The highest BCUT2D eigenvalue weighted by molar-refractivity contribution is 7.99. The predicted molar refractivity (Wildman–Crippen MR) is 83.5 cm³/mol. The summed E-state index contributed by atoms with van der Waals surface area (Å²) >= 11 is 1.66. The van der Waals surface area contributed by atoms with Gasteiger partial charge in [0.25, 0.3) is 5.78 Å². The summed E-state index contributed by atoms with van der Waals surface area (Å²) in [5.41, 5.74) is 2.63. The van der Waals surface area contributed by atoms with E-state index in [-0.39, 0.29) is 0 Å². The average Bonchev–Trinajstić information content (AvgIpc) is 3.03. The molecule has 4 aromatic rings. The summed E-state index contributed by atoms with van der Waals surface area (Å²) in [6, 6.07) is 8.06. The third-order valence-electron chi connectivity index (χ3n) is 3.21. The fraction of sp³-hybridized carbons (Fsp3) is 0.286. The average molecular weight is 298 g/mol. The van der Waals surface area contributed by atoms with Crippen molar-refractivity contribution in [1.82, 2.24) is 29.8 Å². The van der Waals surface area contributed by atoms with E-state index in [4.69, 9.17) is 0 Å². The number of aromatic nitrogens is 6. The van der Waals surface area contributed by atoms with Crippen molar-refractivity contribution in [2.24, 2.45) is 5.92 Å². The number of hydrogen-bond donors (Lipinski definition) is 1. The van der Waals surface area contributed by atoms with Gasteiger partial charge in [-0.1, -0.05) is 43.8 Å². The molecule has 0 saturated heterocycles. The van der Waals surface area contributed by atoms with Crippen LogP contribution in [0.1, 0.15) is 13.8 Å². The number of H-pyrrole nitrogens is 1. The third kappa shape index (κ3) is 2.04. The van der Waals surface area contributed by atoms with Gasteiger partial charge >= 0.3 is 0 Å². The maximum Gasteiger partial charge on any atom is 0.274 e. The van der Waals surface area contributed by atoms with E-state index in [0.29, 0.717) is 11.7 Å². The molecule has 0 radical (unpaired) electrons. The van der Waals surface area contributed by atoms with Gasteiger partial charge in [-0.2, -0.15) is 14.6 Å². The van der Waals surface area contributed by atoms with Crippen LogP contribution in [-0.2, 0) is 0 Å². The van der Waals surface area contributed by atoms with Crippen molar-refractivity contribution >= 4 is 39.6 Å². The predicted octanol–water partition coefficient (Wildman–Crippen LogP) is 2.90. The molecule has 0 atom stereocenters. The van der Waals surface area contributed by atoms with E-state index in [0.717, 1.165) is 33.0 Å². The largest absolute Gasteiger partial charge is 0.338 e. The minimum Gasteiger partial charge on any atom is -0.338 e. The summed E-state index contributed by atoms with van der Waals surface area (Å²) in [4.78, 5) is 7.79. The minimum atomic E-state index is 0.528. The number of nitrogens with one attached hydrogen (secondary N) is 1. The summed E-state index contributed by atoms with van der Waals surface area (Å²) < 4.78 is 1.73. The van der Waals surface area contributed by atoms with E-state index in [9.17, 15) is 0 Å². The molecule has 0 saturated carbocycles. The first-order valence-electron chi connectivity index (χ1n) is 6.85. The Morgan fingerprint density at radius 1 is 1.24 bits per heavy atom. The Morgan fingerprint density at radius 3 is 2.95 bits per heavy atom. The maximum atomic E-state index is 4.68. The molecule has 6 nitrogen and oxygen atoms in total. The molecule has 0 bridgehead atoms. The highest BCUT2D eigenvalue weighted by Crippen LogP contribution is 2.24. The van der Waals surface area contributed by atoms with Gasteiger partial charge in [0.15, 0.2) is 5.65 Å². The standard InChI is InChI=1S/C14H14N6S/c1-8(2)7-21-14-18-17-13-16-12-11(19-20(13)14)9-5-3-4-6-10(9)15-12/h3-6,8H,7H2,1-2H3,(H,15,16,17). The number of rotatable bonds is 3. The van der Waals surface area contributed by atoms with E-state index < -0.39 is 0 Å². The number of fused-ring (bicyclic) bond motifs is 4. The van der Waals surface area contributed by atoms with E-state index >= 15 is 0 Å². The molecule has 0 aliphatic rings. The van der Waals surface area contributed by atoms with Crippen LogP contribution < -0.4 is 0 Å². The molecular formula is C14H14N6S. The van der Waals surface area contributed by atoms with Crippen LogP contribution in [-0.4, -0.2) is 35.5 Å². The molecule has 0 fully saturated rings. The van der Waals surface area contributed by atoms with Gasteiger partial charge in [0.1, 0.15) is 5.52 Å². The smallest absolute Gasteiger partial charge is 0.274 e. The topological polar surface area (TPSA) is 71.8 Å². The van der Waals surface area contributed by atoms with Gasteiger partial charge in [0, 0.05) is 16.7 Å². The van der Waals surface area contributed by atoms with Crippen molar-refractivity contribution in [3.63, 3.8) is 0 Å². The molecule has 106 valence electrons. The minimum absolute atomic E-state index is 0.528. The Hall–Kier alpha value is -2.15. The summed E-state index contributed by atoms with van der Waals surface area (Å²) in [6.07, 6.45) is 0. The second-order valence-corrected chi connectivity index (χ2v) is 6.37. The van der Waals surface area contributed by atoms with Crippen LogP contribution in [0.3, 0.4) is 0 Å². The molecule has 1 aromatic carbocycles. The number of hydrogen-bond acceptors (Lipinski definition) is 5. The van der Waals surface area contributed by atoms with Crippen molar-refractivity contribution in [1.29, 1.82) is 0 Å². The van der Waals surface area contributed by atoms with Crippen molar-refractivity contribution in [3.05, 3.63) is 24.3 Å². The lowest BCUT2D eigenvalue weighted by Crippen LogP contribution is -1.98. The molecule has 4 rings (SSSR count). The zero-order chi connectivity index (χ0) is 14.4. The lowest BCUT2D eigenvalue weighted by Gasteiger charge is -2.01. The normalized spacial score (nSPS) is 12.1. The molecule has 1 N–H and O–H groups in total. The van der Waals surface area contributed by atoms with Crippen molar-refractivity contribution < 1.29 is 0 Å². The highest BCUT2D eigenvalue weighted by Gasteiger charge is 2.13. The second-order valence-electron chi connectivity index (χ2n) is 5.38. The summed E-state index contributed by atoms with van der Waals surface area (Å²) in [7, 11) is 0. The first-order valence-corrected chi connectivity index (χ1v) is 7.83. The van der Waals surface area contributed by atoms with Gasteiger partial charge in [-0.3, -0.25) is 0 Å². The summed E-state index contributed by atoms with van der Waals surface area (Å²) in [5, 5.41) is 14.8. The first kappa shape index (κ1) is 12.6. The Kier molecular flexibility index (Phi) is 2.81. The molecule has 0 aliphatic carbocycles. The van der Waals surface area contributed by atoms with E-state index in [1.165, 1.54) is 0 Å². The number of benzene rings is 1. The fourth-order valence-corrected chi connectivity index (χ4v) is 3.07. The third-order valence-corrected chi connectivity index (χ3v) is 4.56. The summed E-state index contributed by atoms with van der Waals surface area (Å²) in [5.74, 6) is 2.10. The SMILES string of the molecule is CC(C)CSc1nnc2nc3[nH]c4ccccc4c3nn12. The second kappa shape index (κ2) is 4.70. The fourth-order valence-electron chi connectivity index (χ4n) is 2.24. The van der Waals surface area contributed by atoms with Crippen molar-refractivity contribution in [2.75, 3.05) is 5.75 Å². The molecule has 7 heteroatoms. The maximum absolute atomic E-state index is 4.68. The molecule has 3 heterocycles. The molecule has 0 unspecified atom stereocenters. The first-order chi connectivity index (χ1) is 10.2. The van der Waals surface area contributed by atoms with Crippen LogP contribution in [0.15, 0.2) is 29.4 Å². The number of nitrogens with zero attached hydrogens (tertiary/aromatic N) is 5. The van der Waals surface area contributed by atoms with Gasteiger partial charge in [-0.15, -0.1) is 10.2 Å². The Balaban J connectivity index is 1.93. The van der Waals surface area contributed by atoms with Gasteiger partial charge in [0.05, 0.1) is 0 Å². The Labute approximate surface area is 125 Å². The molecule has 3 aromatic heterocycles. The highest BCUT2D eigenvalue weighted by atomic mass is 32.2. The Morgan fingerprint density at radius 2 is 2.10 bits per heavy atom. The van der Waals surface area contributed by atoms with Crippen LogP contribution in [0, 0.1) is 5.92 Å². The van der Waals surface area contributed by atoms with Gasteiger partial charge in [-0.25, -0.2) is 0 Å². The van der Waals surface area contributed by atoms with Gasteiger partial charge in [-0.05, 0) is 12.0 Å². The molecule has 0 spiro atoms. The van der Waals surface area contributed by atoms with Crippen LogP contribution in [0.25, 0.3) is 27.8 Å².